The first-order valence-corrected chi connectivity index (χ1v) is 15.5. The zero-order chi connectivity index (χ0) is 33.3. The molecule has 5 aromatic rings. The van der Waals surface area contributed by atoms with E-state index in [2.05, 4.69) is 25.9 Å². The Balaban J connectivity index is 1.35. The minimum absolute atomic E-state index is 0.0377. The standard InChI is InChI=1S/C36H39N5O6/c1-22(2)32(41-36(45)47-21-23-11-5-4-6-12-23)34(43)39-30(17-24-19-37-28-15-9-7-13-26(24)28)33(42)40-31(35(44)46-3)18-25-20-38-29-16-10-8-14-27(25)29/h4-16,19-20,22,30-32,37-38H,17-18,21H2,1-3H3,(H,39,43)(H,40,42)(H,41,45)/t30-,31-,32-/m0/s1. The molecule has 0 aliphatic carbocycles. The second-order valence-corrected chi connectivity index (χ2v) is 11.7. The zero-order valence-corrected chi connectivity index (χ0v) is 26.5. The molecule has 0 spiro atoms. The molecular formula is C36H39N5O6. The monoisotopic (exact) mass is 637 g/mol. The highest BCUT2D eigenvalue weighted by molar-refractivity contribution is 5.94. The molecule has 0 saturated heterocycles. The lowest BCUT2D eigenvalue weighted by Gasteiger charge is -2.26. The van der Waals surface area contributed by atoms with Crippen LogP contribution in [-0.2, 0) is 43.3 Å². The second kappa shape index (κ2) is 15.1. The number of carbonyl (C=O) groups is 4. The van der Waals surface area contributed by atoms with Gasteiger partial charge in [-0.15, -0.1) is 0 Å². The topological polar surface area (TPSA) is 154 Å². The molecule has 5 N–H and O–H groups in total. The summed E-state index contributed by atoms with van der Waals surface area (Å²) >= 11 is 0. The quantitative estimate of drug-likeness (QED) is 0.120. The van der Waals surface area contributed by atoms with E-state index in [4.69, 9.17) is 9.47 Å². The van der Waals surface area contributed by atoms with E-state index in [-0.39, 0.29) is 25.4 Å². The number of esters is 1. The highest BCUT2D eigenvalue weighted by Gasteiger charge is 2.32. The summed E-state index contributed by atoms with van der Waals surface area (Å²) in [5.74, 6) is -2.10. The molecule has 0 aliphatic rings. The minimum atomic E-state index is -1.10. The summed E-state index contributed by atoms with van der Waals surface area (Å²) in [6.07, 6.45) is 3.11. The van der Waals surface area contributed by atoms with Crippen LogP contribution in [0.3, 0.4) is 0 Å². The maximum Gasteiger partial charge on any atom is 0.408 e. The van der Waals surface area contributed by atoms with Gasteiger partial charge in [0.25, 0.3) is 0 Å². The highest BCUT2D eigenvalue weighted by atomic mass is 16.5. The number of methoxy groups -OCH3 is 1. The van der Waals surface area contributed by atoms with Crippen LogP contribution in [-0.4, -0.2) is 59.1 Å². The number of aromatic nitrogens is 2. The fourth-order valence-corrected chi connectivity index (χ4v) is 5.55. The predicted octanol–water partition coefficient (Wildman–Crippen LogP) is 4.53. The molecule has 11 heteroatoms. The molecule has 2 aromatic heterocycles. The van der Waals surface area contributed by atoms with Gasteiger partial charge in [0.2, 0.25) is 11.8 Å². The number of fused-ring (bicyclic) bond motifs is 2. The number of hydrogen-bond donors (Lipinski definition) is 5. The molecular weight excluding hydrogens is 598 g/mol. The van der Waals surface area contributed by atoms with Gasteiger partial charge in [0.1, 0.15) is 24.7 Å². The lowest BCUT2D eigenvalue weighted by Crippen LogP contribution is -2.57. The third kappa shape index (κ3) is 8.18. The molecule has 47 heavy (non-hydrogen) atoms. The lowest BCUT2D eigenvalue weighted by molar-refractivity contribution is -0.145. The Kier molecular flexibility index (Phi) is 10.6. The first-order valence-electron chi connectivity index (χ1n) is 15.5. The Bertz CT molecular complexity index is 1850. The Hall–Kier alpha value is -5.58. The summed E-state index contributed by atoms with van der Waals surface area (Å²) in [5.41, 5.74) is 4.20. The Morgan fingerprint density at radius 3 is 1.79 bits per heavy atom. The van der Waals surface area contributed by atoms with Crippen LogP contribution < -0.4 is 16.0 Å². The Labute approximate surface area is 272 Å². The molecule has 0 unspecified atom stereocenters. The van der Waals surface area contributed by atoms with Crippen molar-refractivity contribution in [3.63, 3.8) is 0 Å². The SMILES string of the molecule is COC(=O)[C@H](Cc1c[nH]c2ccccc12)NC(=O)[C@H](Cc1c[nH]c2ccccc12)NC(=O)[C@@H](NC(=O)OCc1ccccc1)C(C)C. The van der Waals surface area contributed by atoms with E-state index in [9.17, 15) is 19.2 Å². The van der Waals surface area contributed by atoms with E-state index in [1.165, 1.54) is 7.11 Å². The van der Waals surface area contributed by atoms with Crippen molar-refractivity contribution in [3.8, 4) is 0 Å². The molecule has 2 heterocycles. The number of ether oxygens (including phenoxy) is 2. The number of nitrogens with one attached hydrogen (secondary N) is 5. The van der Waals surface area contributed by atoms with E-state index >= 15 is 0 Å². The van der Waals surface area contributed by atoms with Crippen molar-refractivity contribution in [2.45, 2.75) is 51.4 Å². The number of para-hydroxylation sites is 2. The predicted molar refractivity (Wildman–Crippen MR) is 178 cm³/mol. The summed E-state index contributed by atoms with van der Waals surface area (Å²) < 4.78 is 10.4. The zero-order valence-electron chi connectivity index (χ0n) is 26.5. The van der Waals surface area contributed by atoms with Gasteiger partial charge in [-0.3, -0.25) is 9.59 Å². The second-order valence-electron chi connectivity index (χ2n) is 11.7. The molecule has 5 rings (SSSR count). The van der Waals surface area contributed by atoms with Crippen LogP contribution in [0.2, 0.25) is 0 Å². The van der Waals surface area contributed by atoms with Crippen LogP contribution in [0, 0.1) is 5.92 Å². The molecule has 3 aromatic carbocycles. The van der Waals surface area contributed by atoms with Crippen LogP contribution >= 0.6 is 0 Å². The fourth-order valence-electron chi connectivity index (χ4n) is 5.55. The number of aromatic amines is 2. The van der Waals surface area contributed by atoms with Gasteiger partial charge >= 0.3 is 12.1 Å². The van der Waals surface area contributed by atoms with Crippen molar-refractivity contribution in [1.82, 2.24) is 25.9 Å². The summed E-state index contributed by atoms with van der Waals surface area (Å²) in [6, 6.07) is 21.4. The minimum Gasteiger partial charge on any atom is -0.467 e. The van der Waals surface area contributed by atoms with Crippen molar-refractivity contribution in [1.29, 1.82) is 0 Å². The van der Waals surface area contributed by atoms with E-state index < -0.39 is 42.0 Å². The molecule has 0 saturated carbocycles. The number of H-pyrrole nitrogens is 2. The number of alkyl carbamates (subject to hydrolysis) is 1. The Morgan fingerprint density at radius 2 is 1.21 bits per heavy atom. The molecule has 0 fully saturated rings. The maximum atomic E-state index is 14.0. The normalized spacial score (nSPS) is 13.1. The third-order valence-corrected chi connectivity index (χ3v) is 8.07. The average Bonchev–Trinajstić information content (AvgIpc) is 3.69. The van der Waals surface area contributed by atoms with Gasteiger partial charge in [0, 0.05) is 47.0 Å². The van der Waals surface area contributed by atoms with Crippen molar-refractivity contribution < 1.29 is 28.7 Å². The number of hydrogen-bond acceptors (Lipinski definition) is 6. The van der Waals surface area contributed by atoms with Gasteiger partial charge < -0.3 is 35.4 Å². The van der Waals surface area contributed by atoms with E-state index in [0.29, 0.717) is 0 Å². The molecule has 11 nitrogen and oxygen atoms in total. The molecule has 3 amide bonds. The number of rotatable bonds is 13. The van der Waals surface area contributed by atoms with E-state index in [0.717, 1.165) is 38.5 Å². The molecule has 3 atom stereocenters. The first kappa shape index (κ1) is 32.8. The van der Waals surface area contributed by atoms with Crippen LogP contribution in [0.25, 0.3) is 21.8 Å². The number of amides is 3. The summed E-state index contributed by atoms with van der Waals surface area (Å²) in [7, 11) is 1.26. The van der Waals surface area contributed by atoms with Crippen LogP contribution in [0.15, 0.2) is 91.3 Å². The lowest BCUT2D eigenvalue weighted by atomic mass is 10.00. The van der Waals surface area contributed by atoms with E-state index in [1.807, 2.05) is 78.9 Å². The smallest absolute Gasteiger partial charge is 0.408 e. The van der Waals surface area contributed by atoms with Crippen molar-refractivity contribution in [3.05, 3.63) is 108 Å². The van der Waals surface area contributed by atoms with Gasteiger partial charge in [-0.05, 0) is 34.7 Å². The van der Waals surface area contributed by atoms with Gasteiger partial charge in [-0.2, -0.15) is 0 Å². The van der Waals surface area contributed by atoms with E-state index in [1.54, 1.807) is 26.2 Å². The third-order valence-electron chi connectivity index (χ3n) is 8.07. The molecule has 0 aliphatic heterocycles. The van der Waals surface area contributed by atoms with Gasteiger partial charge in [-0.1, -0.05) is 80.6 Å². The number of carbonyl (C=O) groups excluding carboxylic acids is 4. The van der Waals surface area contributed by atoms with Crippen molar-refractivity contribution in [2.75, 3.05) is 7.11 Å². The van der Waals surface area contributed by atoms with Gasteiger partial charge in [0.15, 0.2) is 0 Å². The molecule has 244 valence electrons. The van der Waals surface area contributed by atoms with Crippen LogP contribution in [0.4, 0.5) is 4.79 Å². The van der Waals surface area contributed by atoms with Crippen molar-refractivity contribution in [2.24, 2.45) is 5.92 Å². The number of benzene rings is 3. The summed E-state index contributed by atoms with van der Waals surface area (Å²) in [5, 5.41) is 10.1. The average molecular weight is 638 g/mol. The van der Waals surface area contributed by atoms with Crippen LogP contribution in [0.5, 0.6) is 0 Å². The van der Waals surface area contributed by atoms with Gasteiger partial charge in [-0.25, -0.2) is 9.59 Å². The Morgan fingerprint density at radius 1 is 0.681 bits per heavy atom. The molecule has 0 radical (unpaired) electrons. The molecule has 0 bridgehead atoms. The highest BCUT2D eigenvalue weighted by Crippen LogP contribution is 2.21. The summed E-state index contributed by atoms with van der Waals surface area (Å²) in [6.45, 7) is 3.60. The maximum absolute atomic E-state index is 14.0. The summed E-state index contributed by atoms with van der Waals surface area (Å²) in [4.78, 5) is 59.7. The first-order chi connectivity index (χ1) is 22.7. The van der Waals surface area contributed by atoms with Crippen LogP contribution in [0.1, 0.15) is 30.5 Å². The fraction of sp³-hybridized carbons (Fsp3) is 0.278. The van der Waals surface area contributed by atoms with Crippen molar-refractivity contribution >= 4 is 45.7 Å². The largest absolute Gasteiger partial charge is 0.467 e. The van der Waals surface area contributed by atoms with Gasteiger partial charge in [0.05, 0.1) is 7.11 Å².